The van der Waals surface area contributed by atoms with E-state index in [9.17, 15) is 9.18 Å². The van der Waals surface area contributed by atoms with Gasteiger partial charge in [-0.05, 0) is 62.6 Å². The molecule has 0 saturated heterocycles. The Kier molecular flexibility index (Phi) is 6.27. The highest BCUT2D eigenvalue weighted by Crippen LogP contribution is 2.46. The normalized spacial score (nSPS) is 18.6. The van der Waals surface area contributed by atoms with Crippen molar-refractivity contribution in [2.75, 3.05) is 19.4 Å². The topological polar surface area (TPSA) is 89.2 Å². The smallest absolute Gasteiger partial charge is 0.306 e. The summed E-state index contributed by atoms with van der Waals surface area (Å²) in [6.45, 7) is -0.708. The predicted octanol–water partition coefficient (Wildman–Crippen LogP) is 8.07. The molecule has 0 amide bonds. The number of hydrogen-bond acceptors (Lipinski definition) is 6. The number of aryl methyl sites for hydroxylation is 1. The maximum atomic E-state index is 15.4. The number of nitrogens with one attached hydrogen (secondary N) is 2. The maximum Gasteiger partial charge on any atom is 0.306 e. The molecule has 1 aliphatic rings. The molecule has 0 aliphatic carbocycles. The van der Waals surface area contributed by atoms with Crippen molar-refractivity contribution in [3.05, 3.63) is 89.1 Å². The Morgan fingerprint density at radius 3 is 2.89 bits per heavy atom. The number of benzene rings is 3. The largest absolute Gasteiger partial charge is 0.493 e. The number of H-pyrrole nitrogens is 2. The molecule has 2 N–H and O–H groups in total. The number of imidazole rings is 1. The number of esters is 1. The molecule has 1 aliphatic heterocycles. The van der Waals surface area contributed by atoms with Crippen molar-refractivity contribution in [2.45, 2.75) is 43.3 Å². The highest BCUT2D eigenvalue weighted by atomic mass is 32.2. The van der Waals surface area contributed by atoms with Crippen LogP contribution in [0.3, 0.4) is 0 Å². The summed E-state index contributed by atoms with van der Waals surface area (Å²) in [7, 11) is 0. The second kappa shape index (κ2) is 12.0. The van der Waals surface area contributed by atoms with E-state index in [2.05, 4.69) is 15.0 Å². The van der Waals surface area contributed by atoms with Gasteiger partial charge in [-0.1, -0.05) is 18.2 Å². The SMILES string of the molecule is [2H]C([2H])([2H])Sc1c(Oc2ccc(F)c(-c3nc([C@]4(C([2H])([2H])[2H])CCOc5c(CCC(=O)OCC)cccc54)c[nH]3)c2)c(F)c(F)c2[nH]ccc12. The Labute approximate surface area is 264 Å². The van der Waals surface area contributed by atoms with Gasteiger partial charge in [-0.2, -0.15) is 4.39 Å². The third-order valence-electron chi connectivity index (χ3n) is 7.52. The zero-order chi connectivity index (χ0) is 36.0. The molecule has 44 heavy (non-hydrogen) atoms. The number of fused-ring (bicyclic) bond motifs is 2. The number of nitrogens with zero attached hydrogens (tertiary/aromatic N) is 1. The van der Waals surface area contributed by atoms with E-state index < -0.39 is 47.6 Å². The van der Waals surface area contributed by atoms with Gasteiger partial charge < -0.3 is 24.2 Å². The minimum atomic E-state index is -2.66. The van der Waals surface area contributed by atoms with E-state index in [-0.39, 0.29) is 71.1 Å². The summed E-state index contributed by atoms with van der Waals surface area (Å²) in [5.74, 6) is -4.56. The summed E-state index contributed by atoms with van der Waals surface area (Å²) in [6, 6.07) is 9.75. The van der Waals surface area contributed by atoms with Crippen LogP contribution in [0.2, 0.25) is 0 Å². The van der Waals surface area contributed by atoms with Gasteiger partial charge in [-0.25, -0.2) is 13.8 Å². The summed E-state index contributed by atoms with van der Waals surface area (Å²) in [6.07, 6.45) is 0.368. The highest BCUT2D eigenvalue weighted by molar-refractivity contribution is 7.99. The van der Waals surface area contributed by atoms with Gasteiger partial charge in [0.15, 0.2) is 11.6 Å². The molecule has 3 heterocycles. The van der Waals surface area contributed by atoms with Gasteiger partial charge in [0.05, 0.1) is 34.9 Å². The Bertz CT molecular complexity index is 2080. The number of thioether (sulfide) groups is 1. The predicted molar refractivity (Wildman–Crippen MR) is 162 cm³/mol. The lowest BCUT2D eigenvalue weighted by molar-refractivity contribution is -0.143. The number of aromatic nitrogens is 3. The van der Waals surface area contributed by atoms with Crippen molar-refractivity contribution in [3.8, 4) is 28.6 Å². The van der Waals surface area contributed by atoms with E-state index in [1.807, 2.05) is 0 Å². The van der Waals surface area contributed by atoms with Gasteiger partial charge in [0.1, 0.15) is 23.1 Å². The number of halogens is 3. The Balaban J connectivity index is 1.39. The lowest BCUT2D eigenvalue weighted by atomic mass is 9.74. The molecule has 1 atom stereocenters. The number of rotatable bonds is 9. The van der Waals surface area contributed by atoms with Crippen LogP contribution < -0.4 is 9.47 Å². The molecule has 0 spiro atoms. The van der Waals surface area contributed by atoms with Crippen LogP contribution in [-0.2, 0) is 21.4 Å². The molecule has 11 heteroatoms. The van der Waals surface area contributed by atoms with Gasteiger partial charge in [0.25, 0.3) is 0 Å². The van der Waals surface area contributed by atoms with Gasteiger partial charge in [-0.3, -0.25) is 4.79 Å². The summed E-state index contributed by atoms with van der Waals surface area (Å²) in [5, 5.41) is 0.0776. The lowest BCUT2D eigenvalue weighted by Gasteiger charge is -2.35. The number of carbonyl (C=O) groups is 1. The van der Waals surface area contributed by atoms with Crippen LogP contribution in [0.1, 0.15) is 51.7 Å². The first-order valence-electron chi connectivity index (χ1n) is 16.8. The summed E-state index contributed by atoms with van der Waals surface area (Å²) in [4.78, 5) is 21.8. The molecule has 2 aromatic heterocycles. The zero-order valence-electron chi connectivity index (χ0n) is 29.4. The number of aromatic amines is 2. The Morgan fingerprint density at radius 2 is 2.07 bits per heavy atom. The average molecular weight is 628 g/mol. The second-order valence-corrected chi connectivity index (χ2v) is 10.7. The fourth-order valence-corrected chi connectivity index (χ4v) is 5.88. The van der Waals surface area contributed by atoms with E-state index in [0.717, 1.165) is 18.2 Å². The molecular weight excluding hydrogens is 591 g/mol. The van der Waals surface area contributed by atoms with Crippen molar-refractivity contribution in [1.82, 2.24) is 15.0 Å². The third kappa shape index (κ3) is 5.19. The molecule has 7 nitrogen and oxygen atoms in total. The molecule has 5 aromatic rings. The average Bonchev–Trinajstić information content (AvgIpc) is 3.75. The lowest BCUT2D eigenvalue weighted by Crippen LogP contribution is -2.32. The minimum absolute atomic E-state index is 0.00413. The number of ether oxygens (including phenoxy) is 3. The summed E-state index contributed by atoms with van der Waals surface area (Å²) >= 11 is 0.299. The van der Waals surface area contributed by atoms with Crippen LogP contribution in [0.5, 0.6) is 17.2 Å². The van der Waals surface area contributed by atoms with Gasteiger partial charge in [0, 0.05) is 43.4 Å². The number of hydrogen-bond donors (Lipinski definition) is 2. The molecular formula is C33H30F3N3O4S. The second-order valence-electron chi connectivity index (χ2n) is 10.1. The quantitative estimate of drug-likeness (QED) is 0.127. The van der Waals surface area contributed by atoms with Gasteiger partial charge in [0.2, 0.25) is 5.82 Å². The number of para-hydroxylation sites is 1. The molecule has 0 fully saturated rings. The van der Waals surface area contributed by atoms with Crippen LogP contribution in [0.25, 0.3) is 22.3 Å². The van der Waals surface area contributed by atoms with Gasteiger partial charge in [-0.15, -0.1) is 11.8 Å². The Morgan fingerprint density at radius 1 is 1.18 bits per heavy atom. The van der Waals surface area contributed by atoms with Crippen molar-refractivity contribution >= 4 is 28.6 Å². The van der Waals surface area contributed by atoms with E-state index in [0.29, 0.717) is 28.6 Å². The van der Waals surface area contributed by atoms with Crippen molar-refractivity contribution < 1.29 is 40.4 Å². The summed E-state index contributed by atoms with van der Waals surface area (Å²) < 4.78 is 112. The Hall–Kier alpha value is -4.38. The van der Waals surface area contributed by atoms with Crippen molar-refractivity contribution in [3.63, 3.8) is 0 Å². The first kappa shape index (κ1) is 23.1. The maximum absolute atomic E-state index is 15.4. The monoisotopic (exact) mass is 627 g/mol. The first-order chi connectivity index (χ1) is 23.6. The molecule has 0 unspecified atom stereocenters. The standard InChI is InChI=1S/C33H30F3N3O4S/c1-4-41-25(40)11-8-18-6-5-7-22-29(18)42-15-13-33(22,2)24-17-38-32(39-24)21-16-19(9-10-23(21)34)43-30-27(36)26(35)28-20(12-14-37-28)31(30)44-3/h5-7,9-10,12,14,16-17,37H,4,8,11,13,15H2,1-3H3,(H,38,39)/t33-/m1/s1/i2D3,3D3. The third-order valence-corrected chi connectivity index (χ3v) is 8.13. The van der Waals surface area contributed by atoms with Crippen LogP contribution in [-0.4, -0.2) is 40.3 Å². The number of carbonyl (C=O) groups excluding carboxylic acids is 1. The van der Waals surface area contributed by atoms with Crippen LogP contribution in [0.4, 0.5) is 13.2 Å². The minimum Gasteiger partial charge on any atom is -0.493 e. The zero-order valence-corrected chi connectivity index (χ0v) is 24.2. The molecule has 228 valence electrons. The van der Waals surface area contributed by atoms with Crippen molar-refractivity contribution in [2.24, 2.45) is 0 Å². The van der Waals surface area contributed by atoms with E-state index in [1.165, 1.54) is 18.5 Å². The highest BCUT2D eigenvalue weighted by Gasteiger charge is 2.38. The first-order valence-corrected chi connectivity index (χ1v) is 14.6. The van der Waals surface area contributed by atoms with E-state index >= 15 is 8.78 Å². The van der Waals surface area contributed by atoms with E-state index in [1.54, 1.807) is 25.1 Å². The van der Waals surface area contributed by atoms with Crippen LogP contribution in [0, 0.1) is 17.5 Å². The molecule has 0 saturated carbocycles. The molecule has 0 radical (unpaired) electrons. The fourth-order valence-electron chi connectivity index (χ4n) is 5.37. The summed E-state index contributed by atoms with van der Waals surface area (Å²) in [5.41, 5.74) is -1.08. The molecule has 3 aromatic carbocycles. The fraction of sp³-hybridized carbons (Fsp3) is 0.273. The van der Waals surface area contributed by atoms with Crippen LogP contribution in [0.15, 0.2) is 59.8 Å². The molecule has 0 bridgehead atoms. The molecule has 6 rings (SSSR count). The van der Waals surface area contributed by atoms with Gasteiger partial charge >= 0.3 is 5.97 Å². The van der Waals surface area contributed by atoms with Crippen LogP contribution >= 0.6 is 11.8 Å². The van der Waals surface area contributed by atoms with E-state index in [4.69, 9.17) is 22.4 Å². The van der Waals surface area contributed by atoms with Crippen molar-refractivity contribution in [1.29, 1.82) is 0 Å².